The number of hydrogen-bond acceptors (Lipinski definition) is 3. The Balaban J connectivity index is 1.71. The molecule has 0 saturated carbocycles. The number of amides is 1. The van der Waals surface area contributed by atoms with Crippen LogP contribution in [0.1, 0.15) is 16.7 Å². The number of carbonyl (C=O) groups excluding carboxylic acids is 1. The van der Waals surface area contributed by atoms with Gasteiger partial charge in [0.05, 0.1) is 10.9 Å². The van der Waals surface area contributed by atoms with Crippen LogP contribution in [0.2, 0.25) is 0 Å². The van der Waals surface area contributed by atoms with Gasteiger partial charge in [0, 0.05) is 0 Å². The number of nitrogens with one attached hydrogen (secondary N) is 1. The summed E-state index contributed by atoms with van der Waals surface area (Å²) in [7, 11) is 0. The molecule has 4 heteroatoms. The van der Waals surface area contributed by atoms with Crippen molar-refractivity contribution in [1.29, 1.82) is 0 Å². The van der Waals surface area contributed by atoms with Gasteiger partial charge in [-0.15, -0.1) is 0 Å². The maximum atomic E-state index is 12.1. The van der Waals surface area contributed by atoms with E-state index < -0.39 is 0 Å². The van der Waals surface area contributed by atoms with Crippen molar-refractivity contribution < 1.29 is 4.79 Å². The van der Waals surface area contributed by atoms with Gasteiger partial charge in [0.1, 0.15) is 0 Å². The maximum absolute atomic E-state index is 12.1. The third-order valence-electron chi connectivity index (χ3n) is 3.54. The number of rotatable bonds is 3. The molecule has 3 nitrogen and oxygen atoms in total. The lowest BCUT2D eigenvalue weighted by molar-refractivity contribution is -0.118. The number of aliphatic imine (C=N–C) groups is 1. The molecule has 112 valence electrons. The van der Waals surface area contributed by atoms with Crippen molar-refractivity contribution in [2.45, 2.75) is 25.5 Å². The molecule has 1 atom stereocenters. The lowest BCUT2D eigenvalue weighted by Crippen LogP contribution is -2.25. The molecule has 0 aliphatic carbocycles. The number of nitrogens with zero attached hydrogens (tertiary/aromatic N) is 1. The maximum Gasteiger partial charge on any atom is 0.239 e. The lowest BCUT2D eigenvalue weighted by atomic mass is 10.1. The smallest absolute Gasteiger partial charge is 0.239 e. The summed E-state index contributed by atoms with van der Waals surface area (Å²) in [5.74, 6) is 0.0392. The Morgan fingerprint density at radius 2 is 1.86 bits per heavy atom. The molecular weight excluding hydrogens is 292 g/mol. The van der Waals surface area contributed by atoms with Crippen LogP contribution in [0.25, 0.3) is 0 Å². The van der Waals surface area contributed by atoms with Crippen LogP contribution in [-0.4, -0.2) is 16.3 Å². The Morgan fingerprint density at radius 3 is 2.59 bits per heavy atom. The van der Waals surface area contributed by atoms with E-state index in [1.807, 2.05) is 37.3 Å². The molecule has 3 rings (SSSR count). The van der Waals surface area contributed by atoms with Gasteiger partial charge in [0.2, 0.25) is 5.91 Å². The number of benzene rings is 2. The highest BCUT2D eigenvalue weighted by Crippen LogP contribution is 2.26. The molecule has 0 bridgehead atoms. The summed E-state index contributed by atoms with van der Waals surface area (Å²) >= 11 is 1.51. The van der Waals surface area contributed by atoms with Crippen LogP contribution in [-0.2, 0) is 11.2 Å². The monoisotopic (exact) mass is 310 g/mol. The first-order chi connectivity index (χ1) is 10.6. The molecule has 1 unspecified atom stereocenters. The highest BCUT2D eigenvalue weighted by atomic mass is 32.2. The second-order valence-corrected chi connectivity index (χ2v) is 6.73. The van der Waals surface area contributed by atoms with Gasteiger partial charge in [0.25, 0.3) is 0 Å². The molecule has 1 aliphatic rings. The molecule has 22 heavy (non-hydrogen) atoms. The molecule has 2 aromatic rings. The molecule has 1 saturated heterocycles. The molecule has 1 heterocycles. The van der Waals surface area contributed by atoms with Crippen molar-refractivity contribution in [3.63, 3.8) is 0 Å². The fraction of sp³-hybridized carbons (Fsp3) is 0.222. The summed E-state index contributed by atoms with van der Waals surface area (Å²) in [6.45, 7) is 4.11. The first-order valence-electron chi connectivity index (χ1n) is 7.28. The molecule has 0 spiro atoms. The van der Waals surface area contributed by atoms with Crippen molar-refractivity contribution in [3.8, 4) is 0 Å². The third-order valence-corrected chi connectivity index (χ3v) is 4.63. The number of aryl methyl sites for hydroxylation is 2. The first kappa shape index (κ1) is 14.9. The van der Waals surface area contributed by atoms with Crippen LogP contribution in [0.5, 0.6) is 0 Å². The van der Waals surface area contributed by atoms with E-state index in [9.17, 15) is 4.79 Å². The zero-order valence-corrected chi connectivity index (χ0v) is 13.5. The molecule has 1 amide bonds. The predicted octanol–water partition coefficient (Wildman–Crippen LogP) is 3.77. The third kappa shape index (κ3) is 3.57. The fourth-order valence-corrected chi connectivity index (χ4v) is 3.41. The van der Waals surface area contributed by atoms with E-state index in [0.29, 0.717) is 5.17 Å². The van der Waals surface area contributed by atoms with Gasteiger partial charge < -0.3 is 5.32 Å². The zero-order chi connectivity index (χ0) is 15.5. The number of carbonyl (C=O) groups is 1. The largest absolute Gasteiger partial charge is 0.304 e. The SMILES string of the molecule is Cc1ccc(N=C2NC(=O)C(Cc3cccc(C)c3)S2)cc1. The van der Waals surface area contributed by atoms with Crippen molar-refractivity contribution in [1.82, 2.24) is 5.32 Å². The highest BCUT2D eigenvalue weighted by molar-refractivity contribution is 8.15. The van der Waals surface area contributed by atoms with Gasteiger partial charge in [-0.2, -0.15) is 0 Å². The number of amidine groups is 1. The van der Waals surface area contributed by atoms with E-state index >= 15 is 0 Å². The summed E-state index contributed by atoms with van der Waals surface area (Å²) in [4.78, 5) is 16.6. The van der Waals surface area contributed by atoms with E-state index in [0.717, 1.165) is 12.1 Å². The van der Waals surface area contributed by atoms with Crippen molar-refractivity contribution in [2.75, 3.05) is 0 Å². The van der Waals surface area contributed by atoms with E-state index in [1.54, 1.807) is 0 Å². The van der Waals surface area contributed by atoms with Crippen molar-refractivity contribution in [3.05, 3.63) is 65.2 Å². The van der Waals surface area contributed by atoms with Crippen molar-refractivity contribution in [2.24, 2.45) is 4.99 Å². The summed E-state index contributed by atoms with van der Waals surface area (Å²) in [5, 5.41) is 3.46. The Hall–Kier alpha value is -2.07. The molecular formula is C18H18N2OS. The molecule has 1 fully saturated rings. The number of hydrogen-bond donors (Lipinski definition) is 1. The molecule has 1 N–H and O–H groups in total. The average Bonchev–Trinajstić information content (AvgIpc) is 2.81. The standard InChI is InChI=1S/C18H18N2OS/c1-12-6-8-15(9-7-12)19-18-20-17(21)16(22-18)11-14-5-3-4-13(2)10-14/h3-10,16H,11H2,1-2H3,(H,19,20,21). The minimum atomic E-state index is -0.106. The Kier molecular flexibility index (Phi) is 4.29. The predicted molar refractivity (Wildman–Crippen MR) is 92.7 cm³/mol. The summed E-state index contributed by atoms with van der Waals surface area (Å²) in [6.07, 6.45) is 0.727. The van der Waals surface area contributed by atoms with E-state index in [4.69, 9.17) is 0 Å². The van der Waals surface area contributed by atoms with Crippen LogP contribution < -0.4 is 5.32 Å². The molecule has 2 aromatic carbocycles. The Morgan fingerprint density at radius 1 is 1.09 bits per heavy atom. The minimum Gasteiger partial charge on any atom is -0.304 e. The lowest BCUT2D eigenvalue weighted by Gasteiger charge is -2.06. The van der Waals surface area contributed by atoms with Crippen LogP contribution >= 0.6 is 11.8 Å². The number of thioether (sulfide) groups is 1. The minimum absolute atomic E-state index is 0.0392. The normalized spacial score (nSPS) is 19.5. The highest BCUT2D eigenvalue weighted by Gasteiger charge is 2.30. The van der Waals surface area contributed by atoms with Crippen LogP contribution in [0.4, 0.5) is 5.69 Å². The van der Waals surface area contributed by atoms with E-state index in [-0.39, 0.29) is 11.2 Å². The van der Waals surface area contributed by atoms with Gasteiger partial charge in [-0.3, -0.25) is 4.79 Å². The van der Waals surface area contributed by atoms with Gasteiger partial charge in [-0.05, 0) is 38.0 Å². The van der Waals surface area contributed by atoms with Gasteiger partial charge in [0.15, 0.2) is 5.17 Å². The van der Waals surface area contributed by atoms with Gasteiger partial charge in [-0.25, -0.2) is 4.99 Å². The topological polar surface area (TPSA) is 41.5 Å². The second-order valence-electron chi connectivity index (χ2n) is 5.54. The van der Waals surface area contributed by atoms with Crippen molar-refractivity contribution >= 4 is 28.5 Å². The van der Waals surface area contributed by atoms with Gasteiger partial charge in [-0.1, -0.05) is 59.3 Å². The molecule has 0 radical (unpaired) electrons. The summed E-state index contributed by atoms with van der Waals surface area (Å²) in [5.41, 5.74) is 4.47. The van der Waals surface area contributed by atoms with Crippen LogP contribution in [0.3, 0.4) is 0 Å². The van der Waals surface area contributed by atoms with Crippen LogP contribution in [0, 0.1) is 13.8 Å². The Labute approximate surface area is 134 Å². The summed E-state index contributed by atoms with van der Waals surface area (Å²) in [6, 6.07) is 16.3. The van der Waals surface area contributed by atoms with E-state index in [1.165, 1.54) is 28.5 Å². The quantitative estimate of drug-likeness (QED) is 0.937. The average molecular weight is 310 g/mol. The second kappa shape index (κ2) is 6.36. The zero-order valence-electron chi connectivity index (χ0n) is 12.7. The van der Waals surface area contributed by atoms with Crippen LogP contribution in [0.15, 0.2) is 53.5 Å². The fourth-order valence-electron chi connectivity index (χ4n) is 2.38. The first-order valence-corrected chi connectivity index (χ1v) is 8.16. The molecule has 1 aliphatic heterocycles. The van der Waals surface area contributed by atoms with E-state index in [2.05, 4.69) is 35.4 Å². The van der Waals surface area contributed by atoms with Gasteiger partial charge >= 0.3 is 0 Å². The Bertz CT molecular complexity index is 722. The molecule has 0 aromatic heterocycles. The summed E-state index contributed by atoms with van der Waals surface area (Å²) < 4.78 is 0.